The first-order chi connectivity index (χ1) is 8.11. The molecule has 0 radical (unpaired) electrons. The Hall–Kier alpha value is -0.960. The summed E-state index contributed by atoms with van der Waals surface area (Å²) in [6, 6.07) is 2.07. The summed E-state index contributed by atoms with van der Waals surface area (Å²) in [6.45, 7) is 10.6. The van der Waals surface area contributed by atoms with Crippen molar-refractivity contribution in [3.63, 3.8) is 0 Å². The van der Waals surface area contributed by atoms with Crippen molar-refractivity contribution in [1.82, 2.24) is 15.3 Å². The molecule has 1 aromatic rings. The average Bonchev–Trinajstić information content (AvgIpc) is 2.26. The fraction of sp³-hybridized carbons (Fsp3) is 0.714. The van der Waals surface area contributed by atoms with E-state index in [0.29, 0.717) is 5.92 Å². The van der Waals surface area contributed by atoms with Gasteiger partial charge in [0.15, 0.2) is 0 Å². The molecule has 0 aliphatic rings. The third-order valence-electron chi connectivity index (χ3n) is 2.63. The van der Waals surface area contributed by atoms with E-state index in [1.54, 1.807) is 0 Å². The molecule has 0 atom stereocenters. The average molecular weight is 235 g/mol. The second-order valence-corrected chi connectivity index (χ2v) is 5.03. The first-order valence-corrected chi connectivity index (χ1v) is 6.66. The van der Waals surface area contributed by atoms with Gasteiger partial charge >= 0.3 is 0 Å². The van der Waals surface area contributed by atoms with Gasteiger partial charge in [0.2, 0.25) is 0 Å². The minimum Gasteiger partial charge on any atom is -0.311 e. The van der Waals surface area contributed by atoms with E-state index in [2.05, 4.69) is 42.1 Å². The van der Waals surface area contributed by atoms with Crippen molar-refractivity contribution < 1.29 is 0 Å². The standard InChI is InChI=1S/C14H25N3/c1-5-8-15-10-13-9-12(4)16-14(17-13)7-6-11(2)3/h9,11,15H,5-8,10H2,1-4H3. The summed E-state index contributed by atoms with van der Waals surface area (Å²) in [7, 11) is 0. The Bertz CT molecular complexity index is 334. The number of rotatable bonds is 7. The number of nitrogens with one attached hydrogen (secondary N) is 1. The Kier molecular flexibility index (Phi) is 6.12. The van der Waals surface area contributed by atoms with Crippen LogP contribution in [0.2, 0.25) is 0 Å². The van der Waals surface area contributed by atoms with Crippen molar-refractivity contribution in [3.8, 4) is 0 Å². The van der Waals surface area contributed by atoms with Gasteiger partial charge in [-0.2, -0.15) is 0 Å². The summed E-state index contributed by atoms with van der Waals surface area (Å²) < 4.78 is 0. The molecule has 0 aromatic carbocycles. The molecule has 0 unspecified atom stereocenters. The van der Waals surface area contributed by atoms with Crippen LogP contribution in [0.4, 0.5) is 0 Å². The quantitative estimate of drug-likeness (QED) is 0.738. The largest absolute Gasteiger partial charge is 0.311 e. The van der Waals surface area contributed by atoms with E-state index in [0.717, 1.165) is 49.6 Å². The van der Waals surface area contributed by atoms with Crippen LogP contribution in [-0.4, -0.2) is 16.5 Å². The first-order valence-electron chi connectivity index (χ1n) is 6.66. The molecular formula is C14H25N3. The monoisotopic (exact) mass is 235 g/mol. The lowest BCUT2D eigenvalue weighted by atomic mass is 10.1. The smallest absolute Gasteiger partial charge is 0.128 e. The molecule has 0 aliphatic carbocycles. The van der Waals surface area contributed by atoms with Crippen molar-refractivity contribution in [1.29, 1.82) is 0 Å². The highest BCUT2D eigenvalue weighted by atomic mass is 14.9. The number of aryl methyl sites for hydroxylation is 2. The Labute approximate surface area is 105 Å². The number of hydrogen-bond donors (Lipinski definition) is 1. The fourth-order valence-corrected chi connectivity index (χ4v) is 1.71. The van der Waals surface area contributed by atoms with Crippen LogP contribution in [0.15, 0.2) is 6.07 Å². The zero-order valence-corrected chi connectivity index (χ0v) is 11.6. The van der Waals surface area contributed by atoms with Crippen molar-refractivity contribution >= 4 is 0 Å². The van der Waals surface area contributed by atoms with Crippen molar-refractivity contribution in [3.05, 3.63) is 23.3 Å². The van der Waals surface area contributed by atoms with Crippen LogP contribution < -0.4 is 5.32 Å². The van der Waals surface area contributed by atoms with E-state index >= 15 is 0 Å². The van der Waals surface area contributed by atoms with Gasteiger partial charge in [0.05, 0.1) is 5.69 Å². The highest BCUT2D eigenvalue weighted by Gasteiger charge is 2.03. The minimum absolute atomic E-state index is 0.709. The first kappa shape index (κ1) is 14.1. The molecule has 96 valence electrons. The Morgan fingerprint density at radius 2 is 2.06 bits per heavy atom. The number of aromatic nitrogens is 2. The summed E-state index contributed by atoms with van der Waals surface area (Å²) in [5, 5.41) is 3.38. The summed E-state index contributed by atoms with van der Waals surface area (Å²) in [5.41, 5.74) is 2.19. The Balaban J connectivity index is 2.59. The maximum absolute atomic E-state index is 4.60. The molecule has 0 aliphatic heterocycles. The maximum Gasteiger partial charge on any atom is 0.128 e. The van der Waals surface area contributed by atoms with Crippen molar-refractivity contribution in [2.75, 3.05) is 6.54 Å². The topological polar surface area (TPSA) is 37.8 Å². The van der Waals surface area contributed by atoms with Crippen LogP contribution in [0, 0.1) is 12.8 Å². The number of hydrogen-bond acceptors (Lipinski definition) is 3. The van der Waals surface area contributed by atoms with Crippen LogP contribution >= 0.6 is 0 Å². The summed E-state index contributed by atoms with van der Waals surface area (Å²) in [5.74, 6) is 1.70. The second-order valence-electron chi connectivity index (χ2n) is 5.03. The maximum atomic E-state index is 4.60. The molecule has 1 aromatic heterocycles. The lowest BCUT2D eigenvalue weighted by Crippen LogP contribution is -2.16. The van der Waals surface area contributed by atoms with E-state index in [9.17, 15) is 0 Å². The highest BCUT2D eigenvalue weighted by Crippen LogP contribution is 2.07. The third kappa shape index (κ3) is 5.78. The Morgan fingerprint density at radius 1 is 1.29 bits per heavy atom. The molecule has 1 rings (SSSR count). The van der Waals surface area contributed by atoms with Crippen LogP contribution in [-0.2, 0) is 13.0 Å². The fourth-order valence-electron chi connectivity index (χ4n) is 1.71. The molecule has 0 spiro atoms. The Morgan fingerprint density at radius 3 is 2.71 bits per heavy atom. The van der Waals surface area contributed by atoms with Gasteiger partial charge in [0.1, 0.15) is 5.82 Å². The van der Waals surface area contributed by atoms with Gasteiger partial charge in [-0.25, -0.2) is 9.97 Å². The van der Waals surface area contributed by atoms with Crippen molar-refractivity contribution in [2.45, 2.75) is 53.5 Å². The molecular weight excluding hydrogens is 210 g/mol. The molecule has 1 N–H and O–H groups in total. The van der Waals surface area contributed by atoms with Gasteiger partial charge in [-0.1, -0.05) is 20.8 Å². The van der Waals surface area contributed by atoms with Crippen molar-refractivity contribution in [2.24, 2.45) is 5.92 Å². The van der Waals surface area contributed by atoms with E-state index in [1.807, 2.05) is 6.92 Å². The van der Waals surface area contributed by atoms with Gasteiger partial charge in [0.25, 0.3) is 0 Å². The van der Waals surface area contributed by atoms with Crippen LogP contribution in [0.5, 0.6) is 0 Å². The normalized spacial score (nSPS) is 11.1. The van der Waals surface area contributed by atoms with Gasteiger partial charge < -0.3 is 5.32 Å². The van der Waals surface area contributed by atoms with Crippen LogP contribution in [0.25, 0.3) is 0 Å². The molecule has 0 amide bonds. The van der Waals surface area contributed by atoms with E-state index in [-0.39, 0.29) is 0 Å². The van der Waals surface area contributed by atoms with Gasteiger partial charge in [-0.05, 0) is 38.3 Å². The molecule has 0 bridgehead atoms. The van der Waals surface area contributed by atoms with Gasteiger partial charge in [-0.3, -0.25) is 0 Å². The SMILES string of the molecule is CCCNCc1cc(C)nc(CCC(C)C)n1. The minimum atomic E-state index is 0.709. The van der Waals surface area contributed by atoms with E-state index in [4.69, 9.17) is 0 Å². The van der Waals surface area contributed by atoms with E-state index < -0.39 is 0 Å². The summed E-state index contributed by atoms with van der Waals surface area (Å²) in [6.07, 6.45) is 3.30. The molecule has 0 saturated carbocycles. The summed E-state index contributed by atoms with van der Waals surface area (Å²) in [4.78, 5) is 9.10. The highest BCUT2D eigenvalue weighted by molar-refractivity contribution is 5.10. The lowest BCUT2D eigenvalue weighted by molar-refractivity contribution is 0.570. The molecule has 17 heavy (non-hydrogen) atoms. The van der Waals surface area contributed by atoms with Crippen LogP contribution in [0.3, 0.4) is 0 Å². The molecule has 0 saturated heterocycles. The van der Waals surface area contributed by atoms with E-state index in [1.165, 1.54) is 0 Å². The predicted molar refractivity (Wildman–Crippen MR) is 71.9 cm³/mol. The second kappa shape index (κ2) is 7.38. The number of nitrogens with zero attached hydrogens (tertiary/aromatic N) is 2. The molecule has 3 heteroatoms. The summed E-state index contributed by atoms with van der Waals surface area (Å²) >= 11 is 0. The molecule has 0 fully saturated rings. The third-order valence-corrected chi connectivity index (χ3v) is 2.63. The van der Waals surface area contributed by atoms with Gasteiger partial charge in [-0.15, -0.1) is 0 Å². The predicted octanol–water partition coefficient (Wildman–Crippen LogP) is 2.87. The molecule has 1 heterocycles. The lowest BCUT2D eigenvalue weighted by Gasteiger charge is -2.08. The molecule has 3 nitrogen and oxygen atoms in total. The zero-order valence-electron chi connectivity index (χ0n) is 11.6. The van der Waals surface area contributed by atoms with Gasteiger partial charge in [0, 0.05) is 18.7 Å². The zero-order chi connectivity index (χ0) is 12.7. The van der Waals surface area contributed by atoms with Crippen LogP contribution in [0.1, 0.15) is 50.8 Å².